The van der Waals surface area contributed by atoms with Gasteiger partial charge in [0.1, 0.15) is 0 Å². The Bertz CT molecular complexity index is 553. The first-order valence-corrected chi connectivity index (χ1v) is 8.86. The van der Waals surface area contributed by atoms with Crippen LogP contribution in [0.5, 0.6) is 0 Å². The summed E-state index contributed by atoms with van der Waals surface area (Å²) in [7, 11) is 0. The van der Waals surface area contributed by atoms with Crippen LogP contribution in [0, 0.1) is 12.8 Å². The van der Waals surface area contributed by atoms with Gasteiger partial charge in [0.15, 0.2) is 0 Å². The van der Waals surface area contributed by atoms with Crippen molar-refractivity contribution in [3.63, 3.8) is 0 Å². The van der Waals surface area contributed by atoms with Gasteiger partial charge in [-0.15, -0.1) is 11.3 Å². The summed E-state index contributed by atoms with van der Waals surface area (Å²) in [6, 6.07) is 4.22. The lowest BCUT2D eigenvalue weighted by molar-refractivity contribution is -0.126. The molecule has 2 atom stereocenters. The predicted molar refractivity (Wildman–Crippen MR) is 88.1 cm³/mol. The van der Waals surface area contributed by atoms with Crippen LogP contribution in [0.4, 0.5) is 9.80 Å². The Balaban J connectivity index is 1.46. The Morgan fingerprint density at radius 3 is 2.59 bits per heavy atom. The Labute approximate surface area is 134 Å². The first-order chi connectivity index (χ1) is 10.6. The van der Waals surface area contributed by atoms with Crippen LogP contribution in [0.15, 0.2) is 12.1 Å². The zero-order chi connectivity index (χ0) is 15.5. The number of nitrogens with one attached hydrogen (secondary N) is 3. The molecule has 120 valence electrons. The summed E-state index contributed by atoms with van der Waals surface area (Å²) in [6.07, 6.45) is 5.85. The number of carbonyl (C=O) groups is 2. The van der Waals surface area contributed by atoms with Crippen LogP contribution in [-0.4, -0.2) is 24.0 Å². The summed E-state index contributed by atoms with van der Waals surface area (Å²) in [5.74, 6) is 0.215. The standard InChI is InChI=1S/C16H23N3O2S/c1-10-5-8-14(22-10)19-16(21)18-13-4-2-3-11(9-13)15(20)17-12-6-7-12/h5,8,11-13H,2-4,6-7,9H2,1H3,(H,17,20)(H2,18,19,21)/t11-,13-/m1/s1. The first kappa shape index (κ1) is 15.3. The average molecular weight is 321 g/mol. The van der Waals surface area contributed by atoms with Crippen molar-refractivity contribution < 1.29 is 9.59 Å². The van der Waals surface area contributed by atoms with Gasteiger partial charge in [-0.25, -0.2) is 4.79 Å². The predicted octanol–water partition coefficient (Wildman–Crippen LogP) is 3.02. The van der Waals surface area contributed by atoms with Gasteiger partial charge < -0.3 is 10.6 Å². The molecule has 5 nitrogen and oxygen atoms in total. The van der Waals surface area contributed by atoms with E-state index in [-0.39, 0.29) is 23.9 Å². The summed E-state index contributed by atoms with van der Waals surface area (Å²) >= 11 is 1.56. The molecule has 0 saturated heterocycles. The molecule has 0 aliphatic heterocycles. The van der Waals surface area contributed by atoms with Crippen LogP contribution in [0.1, 0.15) is 43.4 Å². The second kappa shape index (κ2) is 6.69. The molecule has 6 heteroatoms. The fourth-order valence-corrected chi connectivity index (χ4v) is 3.70. The summed E-state index contributed by atoms with van der Waals surface area (Å²) < 4.78 is 0. The van der Waals surface area contributed by atoms with Gasteiger partial charge in [-0.1, -0.05) is 6.42 Å². The van der Waals surface area contributed by atoms with E-state index in [0.717, 1.165) is 43.5 Å². The molecule has 0 aromatic carbocycles. The molecule has 2 saturated carbocycles. The molecule has 0 bridgehead atoms. The Morgan fingerprint density at radius 1 is 1.09 bits per heavy atom. The van der Waals surface area contributed by atoms with Gasteiger partial charge >= 0.3 is 6.03 Å². The molecule has 1 aromatic rings. The number of hydrogen-bond donors (Lipinski definition) is 3. The molecule has 0 unspecified atom stereocenters. The van der Waals surface area contributed by atoms with Crippen molar-refractivity contribution in [1.29, 1.82) is 0 Å². The number of amides is 3. The van der Waals surface area contributed by atoms with Crippen LogP contribution in [0.2, 0.25) is 0 Å². The maximum absolute atomic E-state index is 12.1. The molecule has 2 fully saturated rings. The minimum atomic E-state index is -0.171. The first-order valence-electron chi connectivity index (χ1n) is 8.04. The van der Waals surface area contributed by atoms with Crippen LogP contribution >= 0.6 is 11.3 Å². The van der Waals surface area contributed by atoms with Crippen molar-refractivity contribution in [3.05, 3.63) is 17.0 Å². The van der Waals surface area contributed by atoms with E-state index in [1.165, 1.54) is 4.88 Å². The third kappa shape index (κ3) is 4.22. The highest BCUT2D eigenvalue weighted by molar-refractivity contribution is 7.16. The summed E-state index contributed by atoms with van der Waals surface area (Å²) in [5, 5.41) is 9.80. The van der Waals surface area contributed by atoms with Crippen molar-refractivity contribution >= 4 is 28.3 Å². The van der Waals surface area contributed by atoms with Crippen LogP contribution in [0.3, 0.4) is 0 Å². The SMILES string of the molecule is Cc1ccc(NC(=O)N[C@@H]2CCC[C@@H](C(=O)NC3CC3)C2)s1. The van der Waals surface area contributed by atoms with E-state index in [0.29, 0.717) is 6.04 Å². The fourth-order valence-electron chi connectivity index (χ4n) is 2.94. The number of urea groups is 1. The van der Waals surface area contributed by atoms with Gasteiger partial charge in [-0.05, 0) is 51.2 Å². The molecular weight excluding hydrogens is 298 g/mol. The maximum atomic E-state index is 12.1. The summed E-state index contributed by atoms with van der Waals surface area (Å²) in [6.45, 7) is 2.01. The maximum Gasteiger partial charge on any atom is 0.320 e. The van der Waals surface area contributed by atoms with Crippen molar-refractivity contribution in [2.45, 2.75) is 57.5 Å². The summed E-state index contributed by atoms with van der Waals surface area (Å²) in [4.78, 5) is 25.3. The van der Waals surface area contributed by atoms with Gasteiger partial charge in [0.2, 0.25) is 5.91 Å². The normalized spacial score (nSPS) is 24.6. The van der Waals surface area contributed by atoms with Gasteiger partial charge in [0.25, 0.3) is 0 Å². The van der Waals surface area contributed by atoms with Crippen LogP contribution in [0.25, 0.3) is 0 Å². The smallest absolute Gasteiger partial charge is 0.320 e. The number of rotatable bonds is 4. The van der Waals surface area contributed by atoms with Crippen molar-refractivity contribution in [2.75, 3.05) is 5.32 Å². The molecule has 1 heterocycles. The topological polar surface area (TPSA) is 70.2 Å². The minimum Gasteiger partial charge on any atom is -0.353 e. The lowest BCUT2D eigenvalue weighted by Crippen LogP contribution is -2.44. The van der Waals surface area contributed by atoms with Gasteiger partial charge in [0.05, 0.1) is 5.00 Å². The molecular formula is C16H23N3O2S. The Hall–Kier alpha value is -1.56. The second-order valence-electron chi connectivity index (χ2n) is 6.35. The zero-order valence-corrected chi connectivity index (χ0v) is 13.7. The van der Waals surface area contributed by atoms with E-state index >= 15 is 0 Å². The highest BCUT2D eigenvalue weighted by atomic mass is 32.1. The van der Waals surface area contributed by atoms with Gasteiger partial charge in [-0.3, -0.25) is 10.1 Å². The molecule has 3 N–H and O–H groups in total. The second-order valence-corrected chi connectivity index (χ2v) is 7.64. The zero-order valence-electron chi connectivity index (χ0n) is 12.9. The van der Waals surface area contributed by atoms with E-state index in [9.17, 15) is 9.59 Å². The third-order valence-corrected chi connectivity index (χ3v) is 5.20. The lowest BCUT2D eigenvalue weighted by Gasteiger charge is -2.29. The molecule has 0 radical (unpaired) electrons. The van der Waals surface area contributed by atoms with E-state index in [1.807, 2.05) is 19.1 Å². The number of anilines is 1. The van der Waals surface area contributed by atoms with Crippen molar-refractivity contribution in [2.24, 2.45) is 5.92 Å². The van der Waals surface area contributed by atoms with Crippen LogP contribution < -0.4 is 16.0 Å². The molecule has 1 aromatic heterocycles. The minimum absolute atomic E-state index is 0.0450. The molecule has 3 amide bonds. The number of carbonyl (C=O) groups excluding carboxylic acids is 2. The van der Waals surface area contributed by atoms with E-state index in [1.54, 1.807) is 11.3 Å². The fraction of sp³-hybridized carbons (Fsp3) is 0.625. The quantitative estimate of drug-likeness (QED) is 0.798. The van der Waals surface area contributed by atoms with Gasteiger partial charge in [-0.2, -0.15) is 0 Å². The molecule has 0 spiro atoms. The lowest BCUT2D eigenvalue weighted by atomic mass is 9.85. The van der Waals surface area contributed by atoms with E-state index < -0.39 is 0 Å². The number of aryl methyl sites for hydroxylation is 1. The highest BCUT2D eigenvalue weighted by Gasteiger charge is 2.31. The molecule has 3 rings (SSSR count). The van der Waals surface area contributed by atoms with E-state index in [2.05, 4.69) is 16.0 Å². The number of thiophene rings is 1. The average Bonchev–Trinajstić information content (AvgIpc) is 3.20. The summed E-state index contributed by atoms with van der Waals surface area (Å²) in [5.41, 5.74) is 0. The number of hydrogen-bond acceptors (Lipinski definition) is 3. The van der Waals surface area contributed by atoms with Crippen molar-refractivity contribution in [3.8, 4) is 0 Å². The molecule has 22 heavy (non-hydrogen) atoms. The monoisotopic (exact) mass is 321 g/mol. The Kier molecular flexibility index (Phi) is 4.66. The van der Waals surface area contributed by atoms with Crippen LogP contribution in [-0.2, 0) is 4.79 Å². The third-order valence-electron chi connectivity index (χ3n) is 4.28. The van der Waals surface area contributed by atoms with E-state index in [4.69, 9.17) is 0 Å². The molecule has 2 aliphatic carbocycles. The molecule has 2 aliphatic rings. The largest absolute Gasteiger partial charge is 0.353 e. The highest BCUT2D eigenvalue weighted by Crippen LogP contribution is 2.27. The van der Waals surface area contributed by atoms with Gasteiger partial charge in [0, 0.05) is 22.9 Å². The van der Waals surface area contributed by atoms with Crippen molar-refractivity contribution in [1.82, 2.24) is 10.6 Å². The Morgan fingerprint density at radius 2 is 1.91 bits per heavy atom.